The van der Waals surface area contributed by atoms with E-state index in [2.05, 4.69) is 5.32 Å². The summed E-state index contributed by atoms with van der Waals surface area (Å²) in [5.41, 5.74) is -1.22. The third-order valence-corrected chi connectivity index (χ3v) is 4.08. The van der Waals surface area contributed by atoms with E-state index in [0.717, 1.165) is 19.3 Å². The van der Waals surface area contributed by atoms with E-state index < -0.39 is 11.5 Å². The van der Waals surface area contributed by atoms with Gasteiger partial charge in [-0.2, -0.15) is 0 Å². The molecule has 18 heavy (non-hydrogen) atoms. The molecule has 2 saturated heterocycles. The molecule has 0 aromatic carbocycles. The minimum atomic E-state index is -1.22. The molecule has 0 radical (unpaired) electrons. The maximum absolute atomic E-state index is 12.0. The highest BCUT2D eigenvalue weighted by molar-refractivity contribution is 5.85. The number of nitrogens with one attached hydrogen (secondary N) is 1. The third kappa shape index (κ3) is 2.16. The van der Waals surface area contributed by atoms with E-state index in [0.29, 0.717) is 0 Å². The minimum absolute atomic E-state index is 0.0169. The molecule has 6 heteroatoms. The number of hydrogen-bond acceptors (Lipinski definition) is 3. The lowest BCUT2D eigenvalue weighted by Crippen LogP contribution is -2.56. The van der Waals surface area contributed by atoms with Crippen molar-refractivity contribution in [3.63, 3.8) is 0 Å². The van der Waals surface area contributed by atoms with Crippen LogP contribution in [0.3, 0.4) is 0 Å². The Kier molecular flexibility index (Phi) is 3.23. The summed E-state index contributed by atoms with van der Waals surface area (Å²) in [6.07, 6.45) is 3.23. The zero-order valence-corrected chi connectivity index (χ0v) is 11.0. The molecule has 2 amide bonds. The Morgan fingerprint density at radius 3 is 2.50 bits per heavy atom. The number of rotatable bonds is 3. The number of carbonyl (C=O) groups is 2. The summed E-state index contributed by atoms with van der Waals surface area (Å²) in [5.74, 6) is -1.02. The van der Waals surface area contributed by atoms with Gasteiger partial charge in [0, 0.05) is 7.05 Å². The van der Waals surface area contributed by atoms with Crippen molar-refractivity contribution in [3.05, 3.63) is 0 Å². The van der Waals surface area contributed by atoms with Gasteiger partial charge in [0.25, 0.3) is 0 Å². The van der Waals surface area contributed by atoms with Crippen LogP contribution in [0.25, 0.3) is 0 Å². The van der Waals surface area contributed by atoms with E-state index in [4.69, 9.17) is 9.84 Å². The molecule has 2 aliphatic heterocycles. The van der Waals surface area contributed by atoms with Crippen molar-refractivity contribution in [1.82, 2.24) is 10.2 Å². The first-order valence-electron chi connectivity index (χ1n) is 6.25. The summed E-state index contributed by atoms with van der Waals surface area (Å²) < 4.78 is 5.65. The Balaban J connectivity index is 1.94. The Morgan fingerprint density at radius 2 is 2.06 bits per heavy atom. The first-order valence-corrected chi connectivity index (χ1v) is 6.25. The van der Waals surface area contributed by atoms with Gasteiger partial charge < -0.3 is 20.1 Å². The van der Waals surface area contributed by atoms with Crippen molar-refractivity contribution in [2.45, 2.75) is 56.9 Å². The van der Waals surface area contributed by atoms with Gasteiger partial charge in [-0.15, -0.1) is 0 Å². The average Bonchev–Trinajstić information content (AvgIpc) is 2.89. The van der Waals surface area contributed by atoms with Gasteiger partial charge in [0.15, 0.2) is 0 Å². The fraction of sp³-hybridized carbons (Fsp3) is 0.833. The molecule has 0 spiro atoms. The molecule has 2 aliphatic rings. The molecule has 2 heterocycles. The highest BCUT2D eigenvalue weighted by Crippen LogP contribution is 2.34. The molecule has 0 saturated carbocycles. The van der Waals surface area contributed by atoms with Gasteiger partial charge in [-0.3, -0.25) is 0 Å². The van der Waals surface area contributed by atoms with E-state index >= 15 is 0 Å². The van der Waals surface area contributed by atoms with E-state index in [9.17, 15) is 9.59 Å². The lowest BCUT2D eigenvalue weighted by molar-refractivity contribution is -0.146. The van der Waals surface area contributed by atoms with E-state index in [-0.39, 0.29) is 24.3 Å². The Bertz CT molecular complexity index is 369. The molecule has 2 fully saturated rings. The van der Waals surface area contributed by atoms with Gasteiger partial charge in [-0.05, 0) is 33.1 Å². The highest BCUT2D eigenvalue weighted by Gasteiger charge is 2.43. The van der Waals surface area contributed by atoms with Gasteiger partial charge >= 0.3 is 12.0 Å². The van der Waals surface area contributed by atoms with Gasteiger partial charge in [0.1, 0.15) is 5.54 Å². The zero-order chi connectivity index (χ0) is 13.5. The van der Waals surface area contributed by atoms with Gasteiger partial charge in [-0.1, -0.05) is 0 Å². The van der Waals surface area contributed by atoms with Crippen molar-refractivity contribution < 1.29 is 19.4 Å². The molecule has 0 aromatic heterocycles. The van der Waals surface area contributed by atoms with Crippen LogP contribution in [0.15, 0.2) is 0 Å². The topological polar surface area (TPSA) is 78.9 Å². The quantitative estimate of drug-likeness (QED) is 0.783. The number of fused-ring (bicyclic) bond motifs is 2. The lowest BCUT2D eigenvalue weighted by Gasteiger charge is -2.33. The lowest BCUT2D eigenvalue weighted by atomic mass is 9.95. The van der Waals surface area contributed by atoms with Crippen LogP contribution in [0.1, 0.15) is 33.1 Å². The molecule has 2 bridgehead atoms. The van der Waals surface area contributed by atoms with Crippen LogP contribution in [0.4, 0.5) is 4.79 Å². The first-order chi connectivity index (χ1) is 8.32. The second-order valence-corrected chi connectivity index (χ2v) is 5.59. The van der Waals surface area contributed by atoms with Crippen LogP contribution in [0, 0.1) is 0 Å². The van der Waals surface area contributed by atoms with E-state index in [1.165, 1.54) is 25.8 Å². The summed E-state index contributed by atoms with van der Waals surface area (Å²) >= 11 is 0. The van der Waals surface area contributed by atoms with Crippen LogP contribution >= 0.6 is 0 Å². The fourth-order valence-corrected chi connectivity index (χ4v) is 2.44. The molecule has 6 nitrogen and oxygen atoms in total. The number of carbonyl (C=O) groups excluding carboxylic acids is 1. The Morgan fingerprint density at radius 1 is 1.39 bits per heavy atom. The molecule has 2 rings (SSSR count). The standard InChI is InChI=1S/C12H20N2O4/c1-12(2,10(15)16)14(3)11(17)13-8-6-7-4-5-9(8)18-7/h7-9H,4-6H2,1-3H3,(H,13,17)(H,15,16). The number of urea groups is 1. The SMILES string of the molecule is CN(C(=O)NC1CC2CCC1O2)C(C)(C)C(=O)O. The number of nitrogens with zero attached hydrogens (tertiary/aromatic N) is 1. The second-order valence-electron chi connectivity index (χ2n) is 5.59. The molecule has 0 aromatic rings. The van der Waals surface area contributed by atoms with E-state index in [1.807, 2.05) is 0 Å². The van der Waals surface area contributed by atoms with Gasteiger partial charge in [0.05, 0.1) is 18.2 Å². The Hall–Kier alpha value is -1.30. The van der Waals surface area contributed by atoms with Crippen LogP contribution in [0.2, 0.25) is 0 Å². The third-order valence-electron chi connectivity index (χ3n) is 4.08. The maximum Gasteiger partial charge on any atom is 0.329 e. The van der Waals surface area contributed by atoms with Gasteiger partial charge in [0.2, 0.25) is 0 Å². The van der Waals surface area contributed by atoms with Crippen LogP contribution < -0.4 is 5.32 Å². The normalized spacial score (nSPS) is 30.3. The number of ether oxygens (including phenoxy) is 1. The average molecular weight is 256 g/mol. The molecule has 3 unspecified atom stereocenters. The summed E-state index contributed by atoms with van der Waals surface area (Å²) in [7, 11) is 1.50. The highest BCUT2D eigenvalue weighted by atomic mass is 16.5. The minimum Gasteiger partial charge on any atom is -0.480 e. The Labute approximate surface area is 106 Å². The predicted octanol–water partition coefficient (Wildman–Crippen LogP) is 0.811. The summed E-state index contributed by atoms with van der Waals surface area (Å²) in [6.45, 7) is 3.01. The van der Waals surface area contributed by atoms with Crippen molar-refractivity contribution in [1.29, 1.82) is 0 Å². The summed E-state index contributed by atoms with van der Waals surface area (Å²) in [4.78, 5) is 24.3. The maximum atomic E-state index is 12.0. The van der Waals surface area contributed by atoms with E-state index in [1.54, 1.807) is 0 Å². The predicted molar refractivity (Wildman–Crippen MR) is 64.3 cm³/mol. The molecule has 0 aliphatic carbocycles. The van der Waals surface area contributed by atoms with Crippen molar-refractivity contribution in [2.24, 2.45) is 0 Å². The zero-order valence-electron chi connectivity index (χ0n) is 11.0. The van der Waals surface area contributed by atoms with Gasteiger partial charge in [-0.25, -0.2) is 9.59 Å². The van der Waals surface area contributed by atoms with Crippen molar-refractivity contribution >= 4 is 12.0 Å². The first kappa shape index (κ1) is 13.1. The number of hydrogen-bond donors (Lipinski definition) is 2. The summed E-state index contributed by atoms with van der Waals surface area (Å²) in [6, 6.07) is -0.341. The molecular weight excluding hydrogens is 236 g/mol. The number of aliphatic carboxylic acids is 1. The van der Waals surface area contributed by atoms with Crippen LogP contribution in [-0.4, -0.2) is 52.8 Å². The van der Waals surface area contributed by atoms with Crippen LogP contribution in [-0.2, 0) is 9.53 Å². The number of amides is 2. The molecule has 102 valence electrons. The molecular formula is C12H20N2O4. The molecule has 3 atom stereocenters. The fourth-order valence-electron chi connectivity index (χ4n) is 2.44. The van der Waals surface area contributed by atoms with Crippen molar-refractivity contribution in [2.75, 3.05) is 7.05 Å². The summed E-state index contributed by atoms with van der Waals surface area (Å²) in [5, 5.41) is 11.9. The number of carboxylic acid groups (broad SMARTS) is 1. The smallest absolute Gasteiger partial charge is 0.329 e. The molecule has 2 N–H and O–H groups in total. The number of carboxylic acids is 1. The van der Waals surface area contributed by atoms with Crippen molar-refractivity contribution in [3.8, 4) is 0 Å². The monoisotopic (exact) mass is 256 g/mol. The number of likely N-dealkylation sites (N-methyl/N-ethyl adjacent to an activating group) is 1. The largest absolute Gasteiger partial charge is 0.480 e. The van der Waals surface area contributed by atoms with Crippen LogP contribution in [0.5, 0.6) is 0 Å². The second kappa shape index (κ2) is 4.42.